The predicted octanol–water partition coefficient (Wildman–Crippen LogP) is 2.80. The van der Waals surface area contributed by atoms with E-state index >= 15 is 0 Å². The van der Waals surface area contributed by atoms with Crippen LogP contribution in [0.5, 0.6) is 0 Å². The first-order valence-electron chi connectivity index (χ1n) is 10.3. The number of para-hydroxylation sites is 1. The first-order valence-corrected chi connectivity index (χ1v) is 10.3. The summed E-state index contributed by atoms with van der Waals surface area (Å²) in [6.45, 7) is 2.61. The van der Waals surface area contributed by atoms with Crippen molar-refractivity contribution >= 4 is 5.91 Å². The molecular weight excluding hydrogens is 362 g/mol. The number of benzene rings is 2. The third-order valence-corrected chi connectivity index (χ3v) is 5.85. The molecule has 1 aromatic heterocycles. The lowest BCUT2D eigenvalue weighted by atomic mass is 10.0. The zero-order valence-corrected chi connectivity index (χ0v) is 16.4. The Morgan fingerprint density at radius 3 is 2.41 bits per heavy atom. The highest BCUT2D eigenvalue weighted by molar-refractivity contribution is 5.92. The van der Waals surface area contributed by atoms with Gasteiger partial charge >= 0.3 is 0 Å². The minimum Gasteiger partial charge on any atom is -0.331 e. The van der Waals surface area contributed by atoms with Gasteiger partial charge in [0.2, 0.25) is 0 Å². The van der Waals surface area contributed by atoms with Crippen molar-refractivity contribution in [2.75, 3.05) is 19.6 Å². The lowest BCUT2D eigenvalue weighted by Crippen LogP contribution is -2.56. The molecule has 0 spiro atoms. The maximum atomic E-state index is 13.3. The molecular formula is C23H25N5O. The van der Waals surface area contributed by atoms with Gasteiger partial charge in [0.05, 0.1) is 11.9 Å². The molecule has 2 fully saturated rings. The molecule has 0 radical (unpaired) electrons. The molecule has 0 N–H and O–H groups in total. The molecule has 3 aromatic rings. The highest BCUT2D eigenvalue weighted by Gasteiger charge is 2.38. The van der Waals surface area contributed by atoms with Crippen molar-refractivity contribution in [1.29, 1.82) is 0 Å². The number of hydrogen-bond donors (Lipinski definition) is 0. The molecule has 1 aliphatic carbocycles. The molecule has 0 bridgehead atoms. The minimum absolute atomic E-state index is 0.0245. The number of amides is 1. The van der Waals surface area contributed by atoms with Gasteiger partial charge in [0.25, 0.3) is 5.91 Å². The standard InChI is InChI=1S/C23H25N5O/c29-23(22-16-24-28(25-22)20-9-5-2-6-10-20)27-14-13-26(19-11-12-19)17-21(27)15-18-7-3-1-4-8-18/h1-10,16,19,21H,11-15,17H2. The molecule has 148 valence electrons. The third-order valence-electron chi connectivity index (χ3n) is 5.85. The van der Waals surface area contributed by atoms with Crippen molar-refractivity contribution in [2.45, 2.75) is 31.3 Å². The van der Waals surface area contributed by atoms with E-state index in [2.05, 4.69) is 39.4 Å². The van der Waals surface area contributed by atoms with Crippen molar-refractivity contribution in [1.82, 2.24) is 24.8 Å². The number of hydrogen-bond acceptors (Lipinski definition) is 4. The summed E-state index contributed by atoms with van der Waals surface area (Å²) in [4.78, 5) is 19.4. The van der Waals surface area contributed by atoms with Crippen LogP contribution in [0, 0.1) is 0 Å². The summed E-state index contributed by atoms with van der Waals surface area (Å²) in [6.07, 6.45) is 5.03. The van der Waals surface area contributed by atoms with Crippen molar-refractivity contribution in [3.8, 4) is 5.69 Å². The van der Waals surface area contributed by atoms with Gasteiger partial charge in [-0.1, -0.05) is 48.5 Å². The Morgan fingerprint density at radius 1 is 0.966 bits per heavy atom. The Morgan fingerprint density at radius 2 is 1.69 bits per heavy atom. The summed E-state index contributed by atoms with van der Waals surface area (Å²) < 4.78 is 0. The molecule has 1 saturated carbocycles. The number of carbonyl (C=O) groups excluding carboxylic acids is 1. The van der Waals surface area contributed by atoms with Gasteiger partial charge in [0, 0.05) is 31.7 Å². The van der Waals surface area contributed by atoms with Gasteiger partial charge in [0.1, 0.15) is 0 Å². The van der Waals surface area contributed by atoms with Gasteiger partial charge in [-0.25, -0.2) is 0 Å². The maximum absolute atomic E-state index is 13.3. The topological polar surface area (TPSA) is 54.3 Å². The first-order chi connectivity index (χ1) is 14.3. The summed E-state index contributed by atoms with van der Waals surface area (Å²) in [6, 6.07) is 21.0. The normalized spacial score (nSPS) is 20.0. The smallest absolute Gasteiger partial charge is 0.276 e. The fourth-order valence-electron chi connectivity index (χ4n) is 4.17. The molecule has 1 saturated heterocycles. The van der Waals surface area contributed by atoms with Gasteiger partial charge in [-0.2, -0.15) is 9.90 Å². The van der Waals surface area contributed by atoms with Gasteiger partial charge in [-0.15, -0.1) is 5.10 Å². The summed E-state index contributed by atoms with van der Waals surface area (Å²) in [5.41, 5.74) is 2.53. The van der Waals surface area contributed by atoms with Crippen molar-refractivity contribution in [2.24, 2.45) is 0 Å². The Kier molecular flexibility index (Phi) is 4.86. The highest BCUT2D eigenvalue weighted by Crippen LogP contribution is 2.30. The first kappa shape index (κ1) is 18.1. The zero-order chi connectivity index (χ0) is 19.6. The summed E-state index contributed by atoms with van der Waals surface area (Å²) in [5, 5.41) is 8.78. The van der Waals surface area contributed by atoms with E-state index in [0.29, 0.717) is 11.7 Å². The van der Waals surface area contributed by atoms with Crippen LogP contribution >= 0.6 is 0 Å². The van der Waals surface area contributed by atoms with E-state index in [-0.39, 0.29) is 11.9 Å². The van der Waals surface area contributed by atoms with Gasteiger partial charge in [0.15, 0.2) is 5.69 Å². The van der Waals surface area contributed by atoms with E-state index in [0.717, 1.165) is 31.7 Å². The average molecular weight is 387 g/mol. The van der Waals surface area contributed by atoms with Gasteiger partial charge < -0.3 is 4.90 Å². The highest BCUT2D eigenvalue weighted by atomic mass is 16.2. The van der Waals surface area contributed by atoms with Crippen LogP contribution in [0.25, 0.3) is 5.69 Å². The van der Waals surface area contributed by atoms with E-state index in [9.17, 15) is 4.79 Å². The van der Waals surface area contributed by atoms with E-state index < -0.39 is 0 Å². The molecule has 5 rings (SSSR count). The molecule has 6 heteroatoms. The molecule has 2 aromatic carbocycles. The van der Waals surface area contributed by atoms with E-state index in [1.165, 1.54) is 23.2 Å². The van der Waals surface area contributed by atoms with Crippen molar-refractivity contribution in [3.63, 3.8) is 0 Å². The lowest BCUT2D eigenvalue weighted by Gasteiger charge is -2.41. The number of aromatic nitrogens is 3. The Labute approximate surface area is 170 Å². The number of piperazine rings is 1. The monoisotopic (exact) mass is 387 g/mol. The van der Waals surface area contributed by atoms with Crippen LogP contribution in [0.15, 0.2) is 66.9 Å². The van der Waals surface area contributed by atoms with E-state index in [1.807, 2.05) is 41.3 Å². The molecule has 1 atom stereocenters. The predicted molar refractivity (Wildman–Crippen MR) is 111 cm³/mol. The Bertz CT molecular complexity index is 967. The van der Waals surface area contributed by atoms with Crippen molar-refractivity contribution < 1.29 is 4.79 Å². The van der Waals surface area contributed by atoms with Crippen LogP contribution in [-0.4, -0.2) is 62.4 Å². The molecule has 2 heterocycles. The molecule has 2 aliphatic rings. The fraction of sp³-hybridized carbons (Fsp3) is 0.348. The maximum Gasteiger partial charge on any atom is 0.276 e. The van der Waals surface area contributed by atoms with Crippen LogP contribution < -0.4 is 0 Å². The summed E-state index contributed by atoms with van der Waals surface area (Å²) in [5.74, 6) is -0.0245. The van der Waals surface area contributed by atoms with E-state index in [1.54, 1.807) is 6.20 Å². The third kappa shape index (κ3) is 3.93. The summed E-state index contributed by atoms with van der Waals surface area (Å²) >= 11 is 0. The average Bonchev–Trinajstić information content (AvgIpc) is 3.51. The van der Waals surface area contributed by atoms with Gasteiger partial charge in [-0.3, -0.25) is 9.69 Å². The number of rotatable bonds is 5. The number of carbonyl (C=O) groups is 1. The lowest BCUT2D eigenvalue weighted by molar-refractivity contribution is 0.0431. The van der Waals surface area contributed by atoms with Gasteiger partial charge in [-0.05, 0) is 37.0 Å². The Hall–Kier alpha value is -2.99. The quantitative estimate of drug-likeness (QED) is 0.676. The van der Waals surface area contributed by atoms with Crippen LogP contribution in [0.2, 0.25) is 0 Å². The second-order valence-corrected chi connectivity index (χ2v) is 7.92. The second kappa shape index (κ2) is 7.79. The number of nitrogens with zero attached hydrogens (tertiary/aromatic N) is 5. The van der Waals surface area contributed by atoms with Crippen molar-refractivity contribution in [3.05, 3.63) is 78.1 Å². The van der Waals surface area contributed by atoms with E-state index in [4.69, 9.17) is 0 Å². The zero-order valence-electron chi connectivity index (χ0n) is 16.4. The Balaban J connectivity index is 1.37. The second-order valence-electron chi connectivity index (χ2n) is 7.92. The molecule has 1 aliphatic heterocycles. The molecule has 29 heavy (non-hydrogen) atoms. The van der Waals surface area contributed by atoms with Crippen LogP contribution in [-0.2, 0) is 6.42 Å². The SMILES string of the molecule is O=C(c1cnn(-c2ccccc2)n1)N1CCN(C2CC2)CC1Cc1ccccc1. The molecule has 6 nitrogen and oxygen atoms in total. The van der Waals surface area contributed by atoms with Crippen LogP contribution in [0.3, 0.4) is 0 Å². The largest absolute Gasteiger partial charge is 0.331 e. The summed E-state index contributed by atoms with van der Waals surface area (Å²) in [7, 11) is 0. The molecule has 1 amide bonds. The fourth-order valence-corrected chi connectivity index (χ4v) is 4.17. The minimum atomic E-state index is -0.0245. The molecule has 1 unspecified atom stereocenters. The van der Waals surface area contributed by atoms with Crippen LogP contribution in [0.4, 0.5) is 0 Å². The van der Waals surface area contributed by atoms with Crippen LogP contribution in [0.1, 0.15) is 28.9 Å².